The summed E-state index contributed by atoms with van der Waals surface area (Å²) in [6.45, 7) is 0.127. The second-order valence-corrected chi connectivity index (χ2v) is 7.68. The van der Waals surface area contributed by atoms with Gasteiger partial charge in [0.25, 0.3) is 0 Å². The molecule has 3 aromatic carbocycles. The number of benzene rings is 3. The average Bonchev–Trinajstić information content (AvgIpc) is 3.10. The molecule has 1 unspecified atom stereocenters. The molecule has 0 aliphatic heterocycles. The van der Waals surface area contributed by atoms with Crippen LogP contribution >= 0.6 is 0 Å². The summed E-state index contributed by atoms with van der Waals surface area (Å²) < 4.78 is 15.8. The summed E-state index contributed by atoms with van der Waals surface area (Å²) in [6.07, 6.45) is 3.29. The Kier molecular flexibility index (Phi) is 7.32. The Hall–Kier alpha value is -4.43. The lowest BCUT2D eigenvalue weighted by atomic mass is 9.83. The first kappa shape index (κ1) is 22.8. The molecule has 0 amide bonds. The molecule has 0 radical (unpaired) electrons. The minimum Gasteiger partial charge on any atom is -0.508 e. The Morgan fingerprint density at radius 2 is 1.62 bits per heavy atom. The van der Waals surface area contributed by atoms with Crippen molar-refractivity contribution in [1.82, 2.24) is 0 Å². The molecule has 0 bridgehead atoms. The number of hydrogen-bond donors (Lipinski definition) is 1. The maximum atomic E-state index is 12.1. The molecule has 0 aromatic heterocycles. The molecule has 5 heteroatoms. The van der Waals surface area contributed by atoms with Crippen LogP contribution in [0.15, 0.2) is 102 Å². The maximum Gasteiger partial charge on any atom is 0.514 e. The number of carbonyl (C=O) groups is 1. The maximum absolute atomic E-state index is 12.1. The van der Waals surface area contributed by atoms with E-state index in [1.165, 1.54) is 0 Å². The number of ether oxygens (including phenoxy) is 3. The molecular formula is C29H24O5. The fourth-order valence-electron chi connectivity index (χ4n) is 3.69. The highest BCUT2D eigenvalue weighted by molar-refractivity contribution is 5.63. The van der Waals surface area contributed by atoms with Crippen molar-refractivity contribution in [3.05, 3.63) is 119 Å². The standard InChI is InChI=1S/C29H24O5/c1-32-26-17-12-24(13-18-26)28(23-10-15-25(30)16-11-23)22-8-5-9-27(19-14-22)34-29(31)33-20-21-6-3-2-4-7-21/h2-4,6-7,10-19,28,30H,8,20H2,1H3. The van der Waals surface area contributed by atoms with Gasteiger partial charge >= 0.3 is 6.16 Å². The van der Waals surface area contributed by atoms with E-state index in [0.717, 1.165) is 28.0 Å². The SMILES string of the molecule is COc1ccc(C(C2=CC=C(OC(=O)OCc3ccccc3)C#CC2)c2ccc(O)cc2)cc1. The third kappa shape index (κ3) is 5.87. The summed E-state index contributed by atoms with van der Waals surface area (Å²) in [5.74, 6) is 7.10. The van der Waals surface area contributed by atoms with Crippen molar-refractivity contribution in [2.75, 3.05) is 7.11 Å². The quantitative estimate of drug-likeness (QED) is 0.346. The van der Waals surface area contributed by atoms with Gasteiger partial charge in [0, 0.05) is 12.3 Å². The van der Waals surface area contributed by atoms with Crippen LogP contribution in [0.2, 0.25) is 0 Å². The minimum atomic E-state index is -0.800. The van der Waals surface area contributed by atoms with E-state index in [1.54, 1.807) is 25.3 Å². The zero-order valence-corrected chi connectivity index (χ0v) is 18.7. The number of carbonyl (C=O) groups excluding carboxylic acids is 1. The fourth-order valence-corrected chi connectivity index (χ4v) is 3.69. The van der Waals surface area contributed by atoms with Gasteiger partial charge in [0.1, 0.15) is 18.1 Å². The van der Waals surface area contributed by atoms with E-state index in [0.29, 0.717) is 6.42 Å². The zero-order valence-electron chi connectivity index (χ0n) is 18.7. The van der Waals surface area contributed by atoms with E-state index >= 15 is 0 Å². The highest BCUT2D eigenvalue weighted by Gasteiger charge is 2.20. The van der Waals surface area contributed by atoms with Crippen LogP contribution in [0, 0.1) is 11.8 Å². The molecule has 34 heavy (non-hydrogen) atoms. The van der Waals surface area contributed by atoms with Gasteiger partial charge in [-0.3, -0.25) is 0 Å². The molecular weight excluding hydrogens is 428 g/mol. The molecule has 1 aliphatic carbocycles. The summed E-state index contributed by atoms with van der Waals surface area (Å²) in [5.41, 5.74) is 3.97. The average molecular weight is 453 g/mol. The largest absolute Gasteiger partial charge is 0.514 e. The van der Waals surface area contributed by atoms with Crippen molar-refractivity contribution in [1.29, 1.82) is 0 Å². The lowest BCUT2D eigenvalue weighted by molar-refractivity contribution is 0.0743. The predicted octanol–water partition coefficient (Wildman–Crippen LogP) is 6.10. The van der Waals surface area contributed by atoms with Crippen LogP contribution in [0.3, 0.4) is 0 Å². The summed E-state index contributed by atoms with van der Waals surface area (Å²) in [4.78, 5) is 12.1. The Morgan fingerprint density at radius 3 is 2.29 bits per heavy atom. The molecule has 4 rings (SSSR count). The zero-order chi connectivity index (χ0) is 23.8. The molecule has 0 spiro atoms. The Labute approximate surface area is 198 Å². The number of rotatable bonds is 7. The first-order chi connectivity index (χ1) is 16.6. The van der Waals surface area contributed by atoms with Gasteiger partial charge in [-0.15, -0.1) is 0 Å². The summed E-state index contributed by atoms with van der Waals surface area (Å²) in [5, 5.41) is 9.74. The molecule has 0 saturated carbocycles. The van der Waals surface area contributed by atoms with Crippen LogP contribution in [-0.4, -0.2) is 18.4 Å². The van der Waals surface area contributed by atoms with Crippen LogP contribution in [0.4, 0.5) is 4.79 Å². The topological polar surface area (TPSA) is 65.0 Å². The van der Waals surface area contributed by atoms with E-state index in [9.17, 15) is 9.90 Å². The molecule has 5 nitrogen and oxygen atoms in total. The molecule has 1 atom stereocenters. The first-order valence-corrected chi connectivity index (χ1v) is 10.8. The summed E-state index contributed by atoms with van der Waals surface area (Å²) >= 11 is 0. The fraction of sp³-hybridized carbons (Fsp3) is 0.138. The minimum absolute atomic E-state index is 0.0959. The van der Waals surface area contributed by atoms with E-state index < -0.39 is 6.16 Å². The highest BCUT2D eigenvalue weighted by atomic mass is 16.7. The van der Waals surface area contributed by atoms with Gasteiger partial charge in [-0.2, -0.15) is 0 Å². The number of methoxy groups -OCH3 is 1. The van der Waals surface area contributed by atoms with Gasteiger partial charge in [0.15, 0.2) is 5.76 Å². The van der Waals surface area contributed by atoms with Crippen molar-refractivity contribution in [3.8, 4) is 23.3 Å². The lowest BCUT2D eigenvalue weighted by Crippen LogP contribution is -2.06. The second kappa shape index (κ2) is 10.9. The molecule has 1 N–H and O–H groups in total. The molecule has 0 heterocycles. The molecule has 0 saturated heterocycles. The lowest BCUT2D eigenvalue weighted by Gasteiger charge is -2.21. The summed E-state index contributed by atoms with van der Waals surface area (Å²) in [6, 6.07) is 24.4. The van der Waals surface area contributed by atoms with Crippen LogP contribution in [-0.2, 0) is 16.1 Å². The van der Waals surface area contributed by atoms with Crippen LogP contribution < -0.4 is 4.74 Å². The van der Waals surface area contributed by atoms with Crippen molar-refractivity contribution < 1.29 is 24.1 Å². The molecule has 3 aromatic rings. The summed E-state index contributed by atoms with van der Waals surface area (Å²) in [7, 11) is 1.63. The monoisotopic (exact) mass is 452 g/mol. The molecule has 0 fully saturated rings. The first-order valence-electron chi connectivity index (χ1n) is 10.8. The molecule has 1 aliphatic rings. The van der Waals surface area contributed by atoms with Crippen LogP contribution in [0.25, 0.3) is 0 Å². The van der Waals surface area contributed by atoms with Crippen LogP contribution in [0.1, 0.15) is 29.0 Å². The van der Waals surface area contributed by atoms with E-state index in [4.69, 9.17) is 14.2 Å². The number of hydrogen-bond acceptors (Lipinski definition) is 5. The van der Waals surface area contributed by atoms with Crippen LogP contribution in [0.5, 0.6) is 11.5 Å². The van der Waals surface area contributed by atoms with E-state index in [-0.39, 0.29) is 24.0 Å². The van der Waals surface area contributed by atoms with Gasteiger partial charge < -0.3 is 19.3 Å². The van der Waals surface area contributed by atoms with Crippen molar-refractivity contribution in [3.63, 3.8) is 0 Å². The highest BCUT2D eigenvalue weighted by Crippen LogP contribution is 2.35. The Morgan fingerprint density at radius 1 is 0.941 bits per heavy atom. The van der Waals surface area contributed by atoms with Gasteiger partial charge in [0.05, 0.1) is 7.11 Å². The van der Waals surface area contributed by atoms with Crippen molar-refractivity contribution in [2.45, 2.75) is 18.9 Å². The number of phenolic OH excluding ortho intramolecular Hbond substituents is 1. The van der Waals surface area contributed by atoms with Gasteiger partial charge in [-0.25, -0.2) is 4.79 Å². The van der Waals surface area contributed by atoms with E-state index in [1.807, 2.05) is 72.8 Å². The Balaban J connectivity index is 1.54. The number of aromatic hydroxyl groups is 1. The number of phenols is 1. The van der Waals surface area contributed by atoms with Gasteiger partial charge in [-0.05, 0) is 58.5 Å². The second-order valence-electron chi connectivity index (χ2n) is 7.68. The van der Waals surface area contributed by atoms with Gasteiger partial charge in [-0.1, -0.05) is 66.6 Å². The smallest absolute Gasteiger partial charge is 0.508 e. The third-order valence-electron chi connectivity index (χ3n) is 5.39. The predicted molar refractivity (Wildman–Crippen MR) is 129 cm³/mol. The Bertz CT molecular complexity index is 1240. The van der Waals surface area contributed by atoms with Crippen molar-refractivity contribution in [2.24, 2.45) is 0 Å². The number of allylic oxidation sites excluding steroid dienone is 4. The van der Waals surface area contributed by atoms with Gasteiger partial charge in [0.2, 0.25) is 0 Å². The van der Waals surface area contributed by atoms with Crippen molar-refractivity contribution >= 4 is 6.16 Å². The third-order valence-corrected chi connectivity index (χ3v) is 5.39. The van der Waals surface area contributed by atoms with E-state index in [2.05, 4.69) is 11.8 Å². The normalized spacial score (nSPS) is 13.3. The molecule has 170 valence electrons.